The minimum absolute atomic E-state index is 0.780. The van der Waals surface area contributed by atoms with Gasteiger partial charge in [-0.25, -0.2) is 0 Å². The van der Waals surface area contributed by atoms with Gasteiger partial charge in [0.15, 0.2) is 0 Å². The van der Waals surface area contributed by atoms with E-state index in [1.165, 1.54) is 19.4 Å². The van der Waals surface area contributed by atoms with Gasteiger partial charge in [0.25, 0.3) is 0 Å². The summed E-state index contributed by atoms with van der Waals surface area (Å²) in [5, 5.41) is 0. The Morgan fingerprint density at radius 1 is 1.67 bits per heavy atom. The molecule has 0 aromatic heterocycles. The van der Waals surface area contributed by atoms with Gasteiger partial charge in [0.1, 0.15) is 0 Å². The fourth-order valence-corrected chi connectivity index (χ4v) is 1.72. The molecule has 54 valence electrons. The van der Waals surface area contributed by atoms with Crippen molar-refractivity contribution >= 4 is 11.6 Å². The van der Waals surface area contributed by atoms with Crippen molar-refractivity contribution in [3.05, 3.63) is 0 Å². The highest BCUT2D eigenvalue weighted by atomic mass is 35.5. The van der Waals surface area contributed by atoms with Crippen molar-refractivity contribution in [2.24, 2.45) is 0 Å². The van der Waals surface area contributed by atoms with Crippen LogP contribution in [0.3, 0.4) is 0 Å². The number of halogens is 1. The minimum Gasteiger partial charge on any atom is -0.303 e. The van der Waals surface area contributed by atoms with Crippen LogP contribution in [0.5, 0.6) is 0 Å². The van der Waals surface area contributed by atoms with Crippen molar-refractivity contribution in [3.63, 3.8) is 0 Å². The van der Waals surface area contributed by atoms with E-state index in [9.17, 15) is 0 Å². The lowest BCUT2D eigenvalue weighted by Crippen LogP contribution is -2.24. The van der Waals surface area contributed by atoms with E-state index in [0.717, 1.165) is 18.3 Å². The molecular formula is C7H14ClN. The average molecular weight is 148 g/mol. The fraction of sp³-hybridized carbons (Fsp3) is 1.00. The van der Waals surface area contributed by atoms with Gasteiger partial charge in [0.05, 0.1) is 0 Å². The Hall–Kier alpha value is 0.250. The van der Waals surface area contributed by atoms with Crippen molar-refractivity contribution in [3.8, 4) is 0 Å². The van der Waals surface area contributed by atoms with Gasteiger partial charge in [-0.3, -0.25) is 0 Å². The maximum atomic E-state index is 5.62. The van der Waals surface area contributed by atoms with Crippen LogP contribution in [0.1, 0.15) is 19.3 Å². The van der Waals surface area contributed by atoms with E-state index in [1.54, 1.807) is 0 Å². The van der Waals surface area contributed by atoms with Gasteiger partial charge in [0, 0.05) is 11.9 Å². The van der Waals surface area contributed by atoms with Crippen LogP contribution in [0.25, 0.3) is 0 Å². The molecule has 1 rings (SSSR count). The van der Waals surface area contributed by atoms with E-state index >= 15 is 0 Å². The van der Waals surface area contributed by atoms with E-state index < -0.39 is 0 Å². The van der Waals surface area contributed by atoms with E-state index in [2.05, 4.69) is 11.9 Å². The molecule has 2 heteroatoms. The third kappa shape index (κ3) is 1.84. The van der Waals surface area contributed by atoms with Gasteiger partial charge in [-0.2, -0.15) is 0 Å². The van der Waals surface area contributed by atoms with Crippen molar-refractivity contribution in [1.29, 1.82) is 0 Å². The van der Waals surface area contributed by atoms with Crippen LogP contribution < -0.4 is 0 Å². The first-order valence-electron chi connectivity index (χ1n) is 3.61. The molecule has 1 fully saturated rings. The molecule has 0 amide bonds. The summed E-state index contributed by atoms with van der Waals surface area (Å²) in [5.74, 6) is 0.814. The Balaban J connectivity index is 2.22. The third-order valence-corrected chi connectivity index (χ3v) is 2.33. The number of likely N-dealkylation sites (tertiary alicyclic amines) is 1. The molecule has 0 aliphatic carbocycles. The van der Waals surface area contributed by atoms with Crippen LogP contribution >= 0.6 is 11.6 Å². The highest BCUT2D eigenvalue weighted by molar-refractivity contribution is 6.17. The van der Waals surface area contributed by atoms with Gasteiger partial charge in [-0.15, -0.1) is 11.6 Å². The second kappa shape index (κ2) is 3.43. The fourth-order valence-electron chi connectivity index (χ4n) is 1.47. The standard InChI is InChI=1S/C7H14ClN/c1-9-6-2-3-7(9)4-5-8/h7H,2-6H2,1H3/t7-/m0/s1. The van der Waals surface area contributed by atoms with Crippen LogP contribution in [0.15, 0.2) is 0 Å². The lowest BCUT2D eigenvalue weighted by molar-refractivity contribution is 0.305. The summed E-state index contributed by atoms with van der Waals surface area (Å²) in [6.07, 6.45) is 3.87. The quantitative estimate of drug-likeness (QED) is 0.538. The van der Waals surface area contributed by atoms with Gasteiger partial charge in [0.2, 0.25) is 0 Å². The zero-order valence-corrected chi connectivity index (χ0v) is 6.69. The molecule has 0 N–H and O–H groups in total. The molecule has 1 aliphatic rings. The Morgan fingerprint density at radius 3 is 2.89 bits per heavy atom. The number of alkyl halides is 1. The number of hydrogen-bond donors (Lipinski definition) is 0. The van der Waals surface area contributed by atoms with Crippen LogP contribution in [0.4, 0.5) is 0 Å². The lowest BCUT2D eigenvalue weighted by Gasteiger charge is -2.17. The molecule has 0 aromatic rings. The summed E-state index contributed by atoms with van der Waals surface area (Å²) in [6.45, 7) is 1.27. The molecule has 1 atom stereocenters. The van der Waals surface area contributed by atoms with Crippen LogP contribution in [-0.4, -0.2) is 30.4 Å². The summed E-state index contributed by atoms with van der Waals surface area (Å²) in [4.78, 5) is 2.41. The smallest absolute Gasteiger partial charge is 0.0238 e. The highest BCUT2D eigenvalue weighted by Crippen LogP contribution is 2.17. The van der Waals surface area contributed by atoms with Crippen LogP contribution in [-0.2, 0) is 0 Å². The first-order valence-corrected chi connectivity index (χ1v) is 4.14. The summed E-state index contributed by atoms with van der Waals surface area (Å²) in [7, 11) is 2.18. The second-order valence-electron chi connectivity index (χ2n) is 2.75. The normalized spacial score (nSPS) is 29.3. The number of hydrogen-bond acceptors (Lipinski definition) is 1. The predicted molar refractivity (Wildman–Crippen MR) is 41.0 cm³/mol. The number of nitrogens with zero attached hydrogens (tertiary/aromatic N) is 1. The Kier molecular flexibility index (Phi) is 2.80. The zero-order valence-electron chi connectivity index (χ0n) is 5.94. The monoisotopic (exact) mass is 147 g/mol. The third-order valence-electron chi connectivity index (χ3n) is 2.11. The number of rotatable bonds is 2. The molecule has 0 aromatic carbocycles. The topological polar surface area (TPSA) is 3.24 Å². The van der Waals surface area contributed by atoms with Crippen LogP contribution in [0, 0.1) is 0 Å². The molecule has 0 spiro atoms. The highest BCUT2D eigenvalue weighted by Gasteiger charge is 2.19. The minimum atomic E-state index is 0.780. The molecule has 0 unspecified atom stereocenters. The molecule has 0 radical (unpaired) electrons. The summed E-state index contributed by atoms with van der Waals surface area (Å²) >= 11 is 5.62. The lowest BCUT2D eigenvalue weighted by atomic mass is 10.2. The molecule has 0 saturated carbocycles. The molecule has 0 bridgehead atoms. The Bertz CT molecular complexity index is 85.0. The van der Waals surface area contributed by atoms with Crippen molar-refractivity contribution in [1.82, 2.24) is 4.90 Å². The SMILES string of the molecule is CN1CCC[C@H]1CCCl. The van der Waals surface area contributed by atoms with Crippen molar-refractivity contribution < 1.29 is 0 Å². The summed E-state index contributed by atoms with van der Waals surface area (Å²) in [5.41, 5.74) is 0. The van der Waals surface area contributed by atoms with Gasteiger partial charge in [-0.1, -0.05) is 0 Å². The molecular weight excluding hydrogens is 134 g/mol. The Morgan fingerprint density at radius 2 is 2.44 bits per heavy atom. The summed E-state index contributed by atoms with van der Waals surface area (Å²) in [6, 6.07) is 0.780. The van der Waals surface area contributed by atoms with Gasteiger partial charge >= 0.3 is 0 Å². The Labute approximate surface area is 62.0 Å². The average Bonchev–Trinajstić information content (AvgIpc) is 2.18. The summed E-state index contributed by atoms with van der Waals surface area (Å²) < 4.78 is 0. The zero-order chi connectivity index (χ0) is 6.69. The van der Waals surface area contributed by atoms with Gasteiger partial charge < -0.3 is 4.90 Å². The predicted octanol–water partition coefficient (Wildman–Crippen LogP) is 1.71. The van der Waals surface area contributed by atoms with Gasteiger partial charge in [-0.05, 0) is 32.9 Å². The molecule has 1 heterocycles. The van der Waals surface area contributed by atoms with E-state index in [1.807, 2.05) is 0 Å². The maximum Gasteiger partial charge on any atom is 0.0238 e. The largest absolute Gasteiger partial charge is 0.303 e. The van der Waals surface area contributed by atoms with E-state index in [-0.39, 0.29) is 0 Å². The first kappa shape index (κ1) is 7.36. The molecule has 1 saturated heterocycles. The maximum absolute atomic E-state index is 5.62. The first-order chi connectivity index (χ1) is 4.34. The van der Waals surface area contributed by atoms with Crippen molar-refractivity contribution in [2.45, 2.75) is 25.3 Å². The van der Waals surface area contributed by atoms with Crippen LogP contribution in [0.2, 0.25) is 0 Å². The second-order valence-corrected chi connectivity index (χ2v) is 3.13. The molecule has 1 nitrogen and oxygen atoms in total. The molecule has 9 heavy (non-hydrogen) atoms. The van der Waals surface area contributed by atoms with E-state index in [4.69, 9.17) is 11.6 Å². The molecule has 1 aliphatic heterocycles. The van der Waals surface area contributed by atoms with Crippen molar-refractivity contribution in [2.75, 3.05) is 19.5 Å². The van der Waals surface area contributed by atoms with E-state index in [0.29, 0.717) is 0 Å².